The van der Waals surface area contributed by atoms with Crippen molar-refractivity contribution in [1.29, 1.82) is 0 Å². The van der Waals surface area contributed by atoms with E-state index in [1.807, 2.05) is 19.9 Å². The number of ketones is 2. The molecule has 0 aliphatic rings. The fraction of sp³-hybridized carbons (Fsp3) is 0.400. The summed E-state index contributed by atoms with van der Waals surface area (Å²) >= 11 is 0. The zero-order chi connectivity index (χ0) is 20.4. The number of carbonyl (C=O) groups excluding carboxylic acids is 2. The van der Waals surface area contributed by atoms with Gasteiger partial charge in [0.1, 0.15) is 0 Å². The highest BCUT2D eigenvalue weighted by atomic mass is 32.2. The van der Waals surface area contributed by atoms with Crippen molar-refractivity contribution in [3.05, 3.63) is 52.8 Å². The van der Waals surface area contributed by atoms with Gasteiger partial charge in [0.15, 0.2) is 11.6 Å². The lowest BCUT2D eigenvalue weighted by molar-refractivity contribution is 0.0971. The van der Waals surface area contributed by atoms with Crippen LogP contribution in [0.3, 0.4) is 0 Å². The Balaban J connectivity index is 2.22. The van der Waals surface area contributed by atoms with E-state index in [-0.39, 0.29) is 23.0 Å². The summed E-state index contributed by atoms with van der Waals surface area (Å²) < 4.78 is 28.6. The van der Waals surface area contributed by atoms with Gasteiger partial charge in [0.2, 0.25) is 10.0 Å². The molecule has 0 N–H and O–H groups in total. The molecular formula is C20H26N2O4S. The first kappa shape index (κ1) is 21.1. The Hall–Kier alpha value is -2.25. The third-order valence-electron chi connectivity index (χ3n) is 4.66. The topological polar surface area (TPSA) is 76.5 Å². The van der Waals surface area contributed by atoms with Crippen LogP contribution in [-0.2, 0) is 16.6 Å². The molecule has 0 radical (unpaired) electrons. The van der Waals surface area contributed by atoms with Crippen molar-refractivity contribution in [1.82, 2.24) is 8.87 Å². The van der Waals surface area contributed by atoms with Gasteiger partial charge in [-0.3, -0.25) is 9.59 Å². The standard InChI is InChI=1S/C20H26N2O4S/c1-6-11-22-14(2)12-19(15(22)3)20(24)13-21(5)27(25,26)18-9-7-17(8-10-18)16(4)23/h7-10,12H,6,11,13H2,1-5H3. The first-order valence-electron chi connectivity index (χ1n) is 8.86. The van der Waals surface area contributed by atoms with Gasteiger partial charge >= 0.3 is 0 Å². The second-order valence-electron chi connectivity index (χ2n) is 6.70. The van der Waals surface area contributed by atoms with E-state index in [1.54, 1.807) is 0 Å². The summed E-state index contributed by atoms with van der Waals surface area (Å²) in [5.74, 6) is -0.373. The highest BCUT2D eigenvalue weighted by molar-refractivity contribution is 7.89. The molecule has 0 aliphatic heterocycles. The summed E-state index contributed by atoms with van der Waals surface area (Å²) in [6.45, 7) is 7.89. The smallest absolute Gasteiger partial charge is 0.243 e. The lowest BCUT2D eigenvalue weighted by Gasteiger charge is -2.17. The molecular weight excluding hydrogens is 364 g/mol. The number of hydrogen-bond acceptors (Lipinski definition) is 4. The highest BCUT2D eigenvalue weighted by Gasteiger charge is 2.25. The fourth-order valence-corrected chi connectivity index (χ4v) is 4.19. The van der Waals surface area contributed by atoms with Crippen molar-refractivity contribution in [3.63, 3.8) is 0 Å². The summed E-state index contributed by atoms with van der Waals surface area (Å²) in [5, 5.41) is 0. The van der Waals surface area contributed by atoms with Crippen molar-refractivity contribution in [3.8, 4) is 0 Å². The minimum atomic E-state index is -3.82. The largest absolute Gasteiger partial charge is 0.348 e. The molecule has 2 aromatic rings. The molecule has 0 bridgehead atoms. The quantitative estimate of drug-likeness (QED) is 0.649. The molecule has 0 atom stereocenters. The number of carbonyl (C=O) groups is 2. The Morgan fingerprint density at radius 1 is 1.11 bits per heavy atom. The molecule has 146 valence electrons. The van der Waals surface area contributed by atoms with E-state index < -0.39 is 10.0 Å². The van der Waals surface area contributed by atoms with E-state index in [1.165, 1.54) is 38.2 Å². The van der Waals surface area contributed by atoms with Gasteiger partial charge in [-0.2, -0.15) is 4.31 Å². The molecule has 0 unspecified atom stereocenters. The van der Waals surface area contributed by atoms with Crippen LogP contribution in [0.25, 0.3) is 0 Å². The number of aryl methyl sites for hydroxylation is 1. The maximum absolute atomic E-state index is 12.7. The molecule has 1 heterocycles. The monoisotopic (exact) mass is 390 g/mol. The van der Waals surface area contributed by atoms with Crippen LogP contribution in [0, 0.1) is 13.8 Å². The maximum Gasteiger partial charge on any atom is 0.243 e. The lowest BCUT2D eigenvalue weighted by Crippen LogP contribution is -2.32. The molecule has 0 saturated heterocycles. The van der Waals surface area contributed by atoms with Gasteiger partial charge < -0.3 is 4.57 Å². The van der Waals surface area contributed by atoms with Gasteiger partial charge in [0, 0.05) is 36.1 Å². The Bertz CT molecular complexity index is 957. The van der Waals surface area contributed by atoms with Gasteiger partial charge in [-0.25, -0.2) is 8.42 Å². The van der Waals surface area contributed by atoms with Crippen LogP contribution in [-0.4, -0.2) is 42.4 Å². The number of hydrogen-bond donors (Lipinski definition) is 0. The fourth-order valence-electron chi connectivity index (χ4n) is 3.07. The van der Waals surface area contributed by atoms with Gasteiger partial charge in [0.25, 0.3) is 0 Å². The molecule has 1 aromatic carbocycles. The van der Waals surface area contributed by atoms with Crippen LogP contribution in [0.5, 0.6) is 0 Å². The average Bonchev–Trinajstić information content (AvgIpc) is 2.90. The Morgan fingerprint density at radius 3 is 2.22 bits per heavy atom. The van der Waals surface area contributed by atoms with E-state index in [2.05, 4.69) is 11.5 Å². The molecule has 0 spiro atoms. The van der Waals surface area contributed by atoms with Crippen molar-refractivity contribution in [2.75, 3.05) is 13.6 Å². The molecule has 7 heteroatoms. The van der Waals surface area contributed by atoms with Crippen LogP contribution in [0.1, 0.15) is 52.4 Å². The van der Waals surface area contributed by atoms with Crippen molar-refractivity contribution >= 4 is 21.6 Å². The summed E-state index contributed by atoms with van der Waals surface area (Å²) in [7, 11) is -2.43. The summed E-state index contributed by atoms with van der Waals surface area (Å²) in [6, 6.07) is 7.54. The summed E-state index contributed by atoms with van der Waals surface area (Å²) in [6.07, 6.45) is 0.953. The number of sulfonamides is 1. The second kappa shape index (κ2) is 8.19. The maximum atomic E-state index is 12.7. The van der Waals surface area contributed by atoms with Crippen LogP contribution >= 0.6 is 0 Å². The molecule has 0 aliphatic carbocycles. The van der Waals surface area contributed by atoms with E-state index in [9.17, 15) is 18.0 Å². The molecule has 0 amide bonds. The van der Waals surface area contributed by atoms with E-state index in [0.717, 1.165) is 28.7 Å². The normalized spacial score (nSPS) is 11.8. The second-order valence-corrected chi connectivity index (χ2v) is 8.75. The summed E-state index contributed by atoms with van der Waals surface area (Å²) in [4.78, 5) is 24.1. The molecule has 27 heavy (non-hydrogen) atoms. The first-order valence-corrected chi connectivity index (χ1v) is 10.3. The van der Waals surface area contributed by atoms with E-state index in [0.29, 0.717) is 11.1 Å². The van der Waals surface area contributed by atoms with Crippen LogP contribution in [0.15, 0.2) is 35.2 Å². The average molecular weight is 391 g/mol. The van der Waals surface area contributed by atoms with Crippen LogP contribution in [0.4, 0.5) is 0 Å². The Kier molecular flexibility index (Phi) is 6.38. The number of nitrogens with zero attached hydrogens (tertiary/aromatic N) is 2. The van der Waals surface area contributed by atoms with E-state index in [4.69, 9.17) is 0 Å². The van der Waals surface area contributed by atoms with Crippen molar-refractivity contribution in [2.24, 2.45) is 0 Å². The predicted octanol–water partition coefficient (Wildman–Crippen LogP) is 3.22. The molecule has 6 nitrogen and oxygen atoms in total. The van der Waals surface area contributed by atoms with Crippen LogP contribution in [0.2, 0.25) is 0 Å². The third-order valence-corrected chi connectivity index (χ3v) is 6.47. The Labute approximate surface area is 160 Å². The highest BCUT2D eigenvalue weighted by Crippen LogP contribution is 2.19. The number of aromatic nitrogens is 1. The molecule has 0 fully saturated rings. The number of benzene rings is 1. The Morgan fingerprint density at radius 2 is 1.70 bits per heavy atom. The minimum Gasteiger partial charge on any atom is -0.348 e. The number of Topliss-reactive ketones (excluding diaryl/α,β-unsaturated/α-hetero) is 2. The minimum absolute atomic E-state index is 0.0549. The molecule has 1 aromatic heterocycles. The first-order chi connectivity index (χ1) is 12.6. The number of rotatable bonds is 8. The predicted molar refractivity (Wildman–Crippen MR) is 105 cm³/mol. The zero-order valence-corrected chi connectivity index (χ0v) is 17.3. The van der Waals surface area contributed by atoms with Gasteiger partial charge in [-0.15, -0.1) is 0 Å². The van der Waals surface area contributed by atoms with Gasteiger partial charge in [-0.1, -0.05) is 19.1 Å². The molecule has 2 rings (SSSR count). The SMILES string of the molecule is CCCn1c(C)cc(C(=O)CN(C)S(=O)(=O)c2ccc(C(C)=O)cc2)c1C. The van der Waals surface area contributed by atoms with Crippen molar-refractivity contribution < 1.29 is 18.0 Å². The molecule has 0 saturated carbocycles. The summed E-state index contributed by atoms with van der Waals surface area (Å²) in [5.41, 5.74) is 2.84. The van der Waals surface area contributed by atoms with Crippen LogP contribution < -0.4 is 0 Å². The van der Waals surface area contributed by atoms with Crippen molar-refractivity contribution in [2.45, 2.75) is 45.6 Å². The van der Waals surface area contributed by atoms with Gasteiger partial charge in [0.05, 0.1) is 11.4 Å². The number of likely N-dealkylation sites (N-methyl/N-ethyl adjacent to an activating group) is 1. The third kappa shape index (κ3) is 4.36. The van der Waals surface area contributed by atoms with E-state index >= 15 is 0 Å². The lowest BCUT2D eigenvalue weighted by atomic mass is 10.1. The zero-order valence-electron chi connectivity index (χ0n) is 16.4. The van der Waals surface area contributed by atoms with Gasteiger partial charge in [-0.05, 0) is 45.4 Å².